The molecule has 34 heavy (non-hydrogen) atoms. The van der Waals surface area contributed by atoms with Gasteiger partial charge in [-0.25, -0.2) is 9.18 Å². The molecule has 10 heteroatoms. The van der Waals surface area contributed by atoms with Crippen molar-refractivity contribution in [3.05, 3.63) is 65.5 Å². The summed E-state index contributed by atoms with van der Waals surface area (Å²) in [4.78, 5) is 43.2. The van der Waals surface area contributed by atoms with Gasteiger partial charge in [-0.05, 0) is 24.1 Å². The summed E-state index contributed by atoms with van der Waals surface area (Å²) in [6, 6.07) is 13.8. The third-order valence-corrected chi connectivity index (χ3v) is 7.95. The van der Waals surface area contributed by atoms with E-state index in [2.05, 4.69) is 10.6 Å². The number of thioether (sulfide) groups is 1. The van der Waals surface area contributed by atoms with Crippen LogP contribution in [0.15, 0.2) is 48.5 Å². The van der Waals surface area contributed by atoms with E-state index in [0.717, 1.165) is 22.6 Å². The first kappa shape index (κ1) is 22.8. The Labute approximate surface area is 201 Å². The van der Waals surface area contributed by atoms with Gasteiger partial charge < -0.3 is 9.80 Å². The smallest absolute Gasteiger partial charge is 0.311 e. The third kappa shape index (κ3) is 3.85. The van der Waals surface area contributed by atoms with E-state index in [9.17, 15) is 18.8 Å². The molecule has 0 aromatic heterocycles. The number of nitrogens with zero attached hydrogens (tertiary/aromatic N) is 3. The zero-order valence-electron chi connectivity index (χ0n) is 18.9. The largest absolute Gasteiger partial charge is 0.327 e. The molecule has 4 atom stereocenters. The summed E-state index contributed by atoms with van der Waals surface area (Å²) in [7, 11) is 3.07. The molecule has 0 radical (unpaired) electrons. The van der Waals surface area contributed by atoms with E-state index in [1.807, 2.05) is 24.3 Å². The van der Waals surface area contributed by atoms with E-state index in [1.165, 1.54) is 29.8 Å². The van der Waals surface area contributed by atoms with Crippen LogP contribution in [-0.4, -0.2) is 65.6 Å². The molecule has 0 spiro atoms. The van der Waals surface area contributed by atoms with Crippen LogP contribution in [0.2, 0.25) is 0 Å². The number of para-hydroxylation sites is 1. The van der Waals surface area contributed by atoms with Crippen molar-refractivity contribution >= 4 is 35.3 Å². The highest BCUT2D eigenvalue weighted by Gasteiger charge is 2.51. The molecule has 4 unspecified atom stereocenters. The lowest BCUT2D eigenvalue weighted by molar-refractivity contribution is -0.140. The lowest BCUT2D eigenvalue weighted by atomic mass is 9.96. The van der Waals surface area contributed by atoms with Crippen molar-refractivity contribution in [3.63, 3.8) is 0 Å². The molecule has 3 aliphatic rings. The highest BCUT2D eigenvalue weighted by molar-refractivity contribution is 8.00. The maximum atomic E-state index is 14.6. The molecule has 0 bridgehead atoms. The minimum absolute atomic E-state index is 0.0460. The number of urea groups is 1. The van der Waals surface area contributed by atoms with Gasteiger partial charge in [0.15, 0.2) is 0 Å². The first-order valence-electron chi connectivity index (χ1n) is 11.2. The van der Waals surface area contributed by atoms with Crippen LogP contribution < -0.4 is 15.5 Å². The topological polar surface area (TPSA) is 85.0 Å². The SMILES string of the molecule is CN1C(=O)C2C(SCC(=O)N3CCc4ccccc43)NC(c3ccccc3F)NC2N(C)C1=O. The molecular formula is C24H26FN5O3S. The van der Waals surface area contributed by atoms with Crippen LogP contribution in [0.4, 0.5) is 14.9 Å². The van der Waals surface area contributed by atoms with Gasteiger partial charge in [0.05, 0.1) is 29.4 Å². The highest BCUT2D eigenvalue weighted by Crippen LogP contribution is 2.35. The maximum Gasteiger partial charge on any atom is 0.327 e. The van der Waals surface area contributed by atoms with Crippen molar-refractivity contribution in [2.45, 2.75) is 24.1 Å². The number of imide groups is 1. The molecule has 8 nitrogen and oxygen atoms in total. The lowest BCUT2D eigenvalue weighted by Gasteiger charge is -2.50. The van der Waals surface area contributed by atoms with E-state index in [0.29, 0.717) is 12.1 Å². The van der Waals surface area contributed by atoms with Gasteiger partial charge in [0, 0.05) is 31.9 Å². The first-order chi connectivity index (χ1) is 16.4. The molecule has 3 heterocycles. The number of anilines is 1. The molecular weight excluding hydrogens is 457 g/mol. The van der Waals surface area contributed by atoms with Gasteiger partial charge >= 0.3 is 6.03 Å². The predicted molar refractivity (Wildman–Crippen MR) is 127 cm³/mol. The van der Waals surface area contributed by atoms with Crippen molar-refractivity contribution in [2.75, 3.05) is 31.3 Å². The third-order valence-electron chi connectivity index (χ3n) is 6.75. The molecule has 2 saturated heterocycles. The van der Waals surface area contributed by atoms with E-state index >= 15 is 0 Å². The molecule has 178 valence electrons. The number of hydrogen-bond acceptors (Lipinski definition) is 6. The van der Waals surface area contributed by atoms with Gasteiger partial charge in [0.2, 0.25) is 11.8 Å². The second kappa shape index (κ2) is 9.01. The van der Waals surface area contributed by atoms with Crippen molar-refractivity contribution in [3.8, 4) is 0 Å². The summed E-state index contributed by atoms with van der Waals surface area (Å²) in [5.74, 6) is -1.27. The van der Waals surface area contributed by atoms with Crippen molar-refractivity contribution in [1.29, 1.82) is 0 Å². The molecule has 4 amide bonds. The second-order valence-corrected chi connectivity index (χ2v) is 9.83. The van der Waals surface area contributed by atoms with Crippen LogP contribution in [0.5, 0.6) is 0 Å². The molecule has 2 fully saturated rings. The Balaban J connectivity index is 1.39. The van der Waals surface area contributed by atoms with Crippen LogP contribution in [0.25, 0.3) is 0 Å². The Morgan fingerprint density at radius 2 is 1.82 bits per heavy atom. The van der Waals surface area contributed by atoms with Crippen molar-refractivity contribution in [1.82, 2.24) is 20.4 Å². The Hall–Kier alpha value is -2.95. The Kier molecular flexibility index (Phi) is 6.05. The van der Waals surface area contributed by atoms with Gasteiger partial charge in [0.1, 0.15) is 5.82 Å². The van der Waals surface area contributed by atoms with E-state index in [-0.39, 0.29) is 17.6 Å². The summed E-state index contributed by atoms with van der Waals surface area (Å²) < 4.78 is 14.6. The van der Waals surface area contributed by atoms with Crippen molar-refractivity contribution < 1.29 is 18.8 Å². The number of benzene rings is 2. The van der Waals surface area contributed by atoms with Gasteiger partial charge in [-0.1, -0.05) is 36.4 Å². The van der Waals surface area contributed by atoms with Crippen molar-refractivity contribution in [2.24, 2.45) is 5.92 Å². The van der Waals surface area contributed by atoms with Gasteiger partial charge in [0.25, 0.3) is 0 Å². The van der Waals surface area contributed by atoms with Crippen LogP contribution in [-0.2, 0) is 16.0 Å². The van der Waals surface area contributed by atoms with Crippen LogP contribution in [0.3, 0.4) is 0 Å². The number of fused-ring (bicyclic) bond motifs is 2. The Morgan fingerprint density at radius 3 is 2.62 bits per heavy atom. The molecule has 5 rings (SSSR count). The number of carbonyl (C=O) groups is 3. The van der Waals surface area contributed by atoms with Crippen LogP contribution in [0.1, 0.15) is 17.3 Å². The predicted octanol–water partition coefficient (Wildman–Crippen LogP) is 2.13. The fourth-order valence-electron chi connectivity index (χ4n) is 4.92. The molecule has 0 aliphatic carbocycles. The zero-order valence-corrected chi connectivity index (χ0v) is 19.7. The number of hydrogen-bond donors (Lipinski definition) is 2. The number of halogens is 1. The zero-order chi connectivity index (χ0) is 24.0. The van der Waals surface area contributed by atoms with E-state index in [4.69, 9.17) is 0 Å². The molecule has 2 N–H and O–H groups in total. The molecule has 2 aromatic carbocycles. The van der Waals surface area contributed by atoms with Gasteiger partial charge in [-0.15, -0.1) is 11.8 Å². The Morgan fingerprint density at radius 1 is 1.09 bits per heavy atom. The van der Waals surface area contributed by atoms with Crippen LogP contribution in [0, 0.1) is 11.7 Å². The van der Waals surface area contributed by atoms with E-state index in [1.54, 1.807) is 30.1 Å². The number of nitrogens with one attached hydrogen (secondary N) is 2. The number of carbonyl (C=O) groups excluding carboxylic acids is 3. The second-order valence-electron chi connectivity index (χ2n) is 8.70. The number of amides is 4. The summed E-state index contributed by atoms with van der Waals surface area (Å²) in [6.07, 6.45) is -0.454. The number of rotatable bonds is 4. The molecule has 0 saturated carbocycles. The average Bonchev–Trinajstić information content (AvgIpc) is 3.29. The van der Waals surface area contributed by atoms with Gasteiger partial charge in [-0.3, -0.25) is 25.1 Å². The summed E-state index contributed by atoms with van der Waals surface area (Å²) in [5.41, 5.74) is 2.45. The Bertz CT molecular complexity index is 1150. The minimum Gasteiger partial charge on any atom is -0.311 e. The summed E-state index contributed by atoms with van der Waals surface area (Å²) in [6.45, 7) is 0.626. The quantitative estimate of drug-likeness (QED) is 0.693. The first-order valence-corrected chi connectivity index (χ1v) is 12.2. The fraction of sp³-hybridized carbons (Fsp3) is 0.375. The van der Waals surface area contributed by atoms with E-state index < -0.39 is 35.5 Å². The molecule has 3 aliphatic heterocycles. The van der Waals surface area contributed by atoms with Crippen LogP contribution >= 0.6 is 11.8 Å². The minimum atomic E-state index is -0.639. The monoisotopic (exact) mass is 483 g/mol. The summed E-state index contributed by atoms with van der Waals surface area (Å²) in [5, 5.41) is 6.03. The normalized spacial score (nSPS) is 26.5. The fourth-order valence-corrected chi connectivity index (χ4v) is 6.11. The molecule has 2 aromatic rings. The maximum absolute atomic E-state index is 14.6. The summed E-state index contributed by atoms with van der Waals surface area (Å²) >= 11 is 1.32. The standard InChI is InChI=1S/C24H26FN5O3S/c1-28-21-19(23(32)29(2)24(28)33)22(27-20(26-21)15-8-4-5-9-16(15)25)34-13-18(31)30-12-11-14-7-3-6-10-17(14)30/h3-10,19-22,26-27H,11-13H2,1-2H3. The highest BCUT2D eigenvalue weighted by atomic mass is 32.2. The van der Waals surface area contributed by atoms with Gasteiger partial charge in [-0.2, -0.15) is 0 Å². The average molecular weight is 484 g/mol. The lowest BCUT2D eigenvalue weighted by Crippen LogP contribution is -2.72.